The van der Waals surface area contributed by atoms with Gasteiger partial charge in [-0.25, -0.2) is 9.37 Å². The molecule has 0 aliphatic rings. The molecular formula is C26H15BrFN3O. The summed E-state index contributed by atoms with van der Waals surface area (Å²) in [7, 11) is 0. The first-order valence-electron chi connectivity index (χ1n) is 9.89. The maximum absolute atomic E-state index is 14.7. The lowest BCUT2D eigenvalue weighted by Gasteiger charge is -2.07. The van der Waals surface area contributed by atoms with Gasteiger partial charge >= 0.3 is 0 Å². The van der Waals surface area contributed by atoms with Crippen LogP contribution < -0.4 is 0 Å². The summed E-state index contributed by atoms with van der Waals surface area (Å²) in [5.74, 6) is 5.57. The Hall–Kier alpha value is -3.71. The van der Waals surface area contributed by atoms with Crippen LogP contribution in [0.2, 0.25) is 0 Å². The van der Waals surface area contributed by atoms with Crippen molar-refractivity contribution in [2.24, 2.45) is 0 Å². The van der Waals surface area contributed by atoms with Crippen molar-refractivity contribution in [2.75, 3.05) is 0 Å². The number of fused-ring (bicyclic) bond motifs is 6. The SMILES string of the molecule is CC(O)C#Cc1ccc2c(c1)c1cc(Br)ccc1c1nc(-c3c(F)cccc3C#N)[nH]c21. The number of benzene rings is 4. The average molecular weight is 484 g/mol. The molecule has 154 valence electrons. The van der Waals surface area contributed by atoms with Crippen molar-refractivity contribution in [2.45, 2.75) is 13.0 Å². The van der Waals surface area contributed by atoms with Crippen molar-refractivity contribution < 1.29 is 9.50 Å². The summed E-state index contributed by atoms with van der Waals surface area (Å²) >= 11 is 3.55. The number of aromatic nitrogens is 2. The van der Waals surface area contributed by atoms with Crippen LogP contribution in [0.5, 0.6) is 0 Å². The van der Waals surface area contributed by atoms with Crippen LogP contribution in [0.4, 0.5) is 4.39 Å². The van der Waals surface area contributed by atoms with Gasteiger partial charge in [-0.05, 0) is 54.1 Å². The highest BCUT2D eigenvalue weighted by Gasteiger charge is 2.18. The highest BCUT2D eigenvalue weighted by Crippen LogP contribution is 2.37. The van der Waals surface area contributed by atoms with E-state index in [0.717, 1.165) is 37.1 Å². The van der Waals surface area contributed by atoms with Crippen molar-refractivity contribution in [3.05, 3.63) is 76.0 Å². The highest BCUT2D eigenvalue weighted by molar-refractivity contribution is 9.10. The Balaban J connectivity index is 1.89. The van der Waals surface area contributed by atoms with Gasteiger partial charge < -0.3 is 10.1 Å². The van der Waals surface area contributed by atoms with Crippen LogP contribution in [0.3, 0.4) is 0 Å². The fourth-order valence-corrected chi connectivity index (χ4v) is 4.30. The van der Waals surface area contributed by atoms with Crippen LogP contribution in [0.15, 0.2) is 59.1 Å². The number of hydrogen-bond acceptors (Lipinski definition) is 3. The number of H-pyrrole nitrogens is 1. The third kappa shape index (κ3) is 3.31. The van der Waals surface area contributed by atoms with Crippen LogP contribution in [0.25, 0.3) is 44.0 Å². The minimum Gasteiger partial charge on any atom is -0.381 e. The molecule has 0 saturated heterocycles. The largest absolute Gasteiger partial charge is 0.381 e. The van der Waals surface area contributed by atoms with E-state index in [-0.39, 0.29) is 11.1 Å². The number of halogens is 2. The number of hydrogen-bond donors (Lipinski definition) is 2. The fraction of sp³-hybridized carbons (Fsp3) is 0.0769. The summed E-state index contributed by atoms with van der Waals surface area (Å²) in [4.78, 5) is 7.98. The molecule has 0 aliphatic heterocycles. The third-order valence-electron chi connectivity index (χ3n) is 5.32. The molecule has 0 aliphatic carbocycles. The summed E-state index contributed by atoms with van der Waals surface area (Å²) in [6, 6.07) is 18.2. The minimum absolute atomic E-state index is 0.157. The summed E-state index contributed by atoms with van der Waals surface area (Å²) in [5.41, 5.74) is 2.61. The molecule has 1 heterocycles. The van der Waals surface area contributed by atoms with E-state index in [1.807, 2.05) is 42.5 Å². The molecule has 0 radical (unpaired) electrons. The van der Waals surface area contributed by atoms with Gasteiger partial charge in [-0.1, -0.05) is 46.0 Å². The Kier molecular flexibility index (Phi) is 4.90. The molecule has 0 bridgehead atoms. The Bertz CT molecular complexity index is 1650. The first kappa shape index (κ1) is 20.2. The van der Waals surface area contributed by atoms with E-state index in [1.165, 1.54) is 12.1 Å². The smallest absolute Gasteiger partial charge is 0.142 e. The molecule has 0 amide bonds. The molecule has 0 saturated carbocycles. The van der Waals surface area contributed by atoms with Crippen molar-refractivity contribution in [3.63, 3.8) is 0 Å². The predicted molar refractivity (Wildman–Crippen MR) is 127 cm³/mol. The third-order valence-corrected chi connectivity index (χ3v) is 5.81. The van der Waals surface area contributed by atoms with Crippen LogP contribution in [-0.2, 0) is 0 Å². The van der Waals surface area contributed by atoms with Crippen LogP contribution in [0, 0.1) is 29.0 Å². The number of rotatable bonds is 1. The van der Waals surface area contributed by atoms with E-state index < -0.39 is 11.9 Å². The normalized spacial score (nSPS) is 12.0. The van der Waals surface area contributed by atoms with Crippen molar-refractivity contribution in [3.8, 4) is 29.3 Å². The van der Waals surface area contributed by atoms with E-state index in [9.17, 15) is 14.8 Å². The van der Waals surface area contributed by atoms with Gasteiger partial charge in [-0.15, -0.1) is 0 Å². The van der Waals surface area contributed by atoms with E-state index >= 15 is 0 Å². The number of aromatic amines is 1. The van der Waals surface area contributed by atoms with Crippen LogP contribution in [-0.4, -0.2) is 21.2 Å². The van der Waals surface area contributed by atoms with E-state index in [0.29, 0.717) is 11.3 Å². The van der Waals surface area contributed by atoms with Gasteiger partial charge in [-0.2, -0.15) is 5.26 Å². The van der Waals surface area contributed by atoms with Crippen LogP contribution >= 0.6 is 15.9 Å². The Morgan fingerprint density at radius 1 is 1.06 bits per heavy atom. The van der Waals surface area contributed by atoms with Gasteiger partial charge in [0.2, 0.25) is 0 Å². The summed E-state index contributed by atoms with van der Waals surface area (Å²) in [6.45, 7) is 1.62. The zero-order valence-corrected chi connectivity index (χ0v) is 18.5. The molecule has 4 aromatic carbocycles. The Morgan fingerprint density at radius 2 is 1.84 bits per heavy atom. The first-order valence-corrected chi connectivity index (χ1v) is 10.7. The summed E-state index contributed by atoms with van der Waals surface area (Å²) in [5, 5.41) is 22.7. The first-order chi connectivity index (χ1) is 15.5. The van der Waals surface area contributed by atoms with E-state index in [1.54, 1.807) is 13.0 Å². The molecule has 1 aromatic heterocycles. The highest BCUT2D eigenvalue weighted by atomic mass is 79.9. The Labute approximate surface area is 191 Å². The topological polar surface area (TPSA) is 72.7 Å². The molecule has 32 heavy (non-hydrogen) atoms. The lowest BCUT2D eigenvalue weighted by Crippen LogP contribution is -1.92. The minimum atomic E-state index is -0.718. The molecule has 0 fully saturated rings. The molecule has 5 rings (SSSR count). The zero-order valence-electron chi connectivity index (χ0n) is 16.9. The van der Waals surface area contributed by atoms with Gasteiger partial charge in [-0.3, -0.25) is 0 Å². The van der Waals surface area contributed by atoms with Crippen molar-refractivity contribution in [1.29, 1.82) is 5.26 Å². The quantitative estimate of drug-likeness (QED) is 0.225. The predicted octanol–water partition coefficient (Wildman–Crippen LogP) is 6.04. The van der Waals surface area contributed by atoms with Gasteiger partial charge in [0.05, 0.1) is 28.2 Å². The lowest BCUT2D eigenvalue weighted by atomic mass is 9.98. The zero-order chi connectivity index (χ0) is 22.4. The van der Waals surface area contributed by atoms with E-state index in [2.05, 4.69) is 32.8 Å². The van der Waals surface area contributed by atoms with Crippen LogP contribution in [0.1, 0.15) is 18.1 Å². The number of nitriles is 1. The molecule has 1 unspecified atom stereocenters. The second kappa shape index (κ2) is 7.76. The second-order valence-corrected chi connectivity index (χ2v) is 8.39. The van der Waals surface area contributed by atoms with E-state index in [4.69, 9.17) is 4.98 Å². The van der Waals surface area contributed by atoms with Gasteiger partial charge in [0, 0.05) is 20.8 Å². The standard InChI is InChI=1S/C26H15BrFN3O/c1-14(32)5-6-15-7-9-18-20(11-15)21-12-17(27)8-10-19(21)25-24(18)30-26(31-25)23-16(13-29)3-2-4-22(23)28/h2-4,7-12,14,32H,1H3,(H,30,31). The monoisotopic (exact) mass is 483 g/mol. The average Bonchev–Trinajstić information content (AvgIpc) is 3.22. The fourth-order valence-electron chi connectivity index (χ4n) is 3.94. The van der Waals surface area contributed by atoms with Gasteiger partial charge in [0.1, 0.15) is 17.7 Å². The Morgan fingerprint density at radius 3 is 2.62 bits per heavy atom. The molecule has 4 nitrogen and oxygen atoms in total. The molecule has 6 heteroatoms. The second-order valence-electron chi connectivity index (χ2n) is 7.48. The molecule has 1 atom stereocenters. The molecular weight excluding hydrogens is 469 g/mol. The molecule has 5 aromatic rings. The number of nitrogens with one attached hydrogen (secondary N) is 1. The maximum atomic E-state index is 14.7. The number of imidazole rings is 1. The molecule has 0 spiro atoms. The summed E-state index contributed by atoms with van der Waals surface area (Å²) in [6.07, 6.45) is -0.718. The number of nitrogens with zero attached hydrogens (tertiary/aromatic N) is 2. The lowest BCUT2D eigenvalue weighted by molar-refractivity contribution is 0.253. The van der Waals surface area contributed by atoms with Gasteiger partial charge in [0.15, 0.2) is 0 Å². The number of aliphatic hydroxyl groups excluding tert-OH is 1. The maximum Gasteiger partial charge on any atom is 0.142 e. The van der Waals surface area contributed by atoms with Crippen molar-refractivity contribution >= 4 is 48.5 Å². The molecule has 2 N–H and O–H groups in total. The summed E-state index contributed by atoms with van der Waals surface area (Å²) < 4.78 is 15.6. The number of aliphatic hydroxyl groups is 1. The van der Waals surface area contributed by atoms with Crippen molar-refractivity contribution in [1.82, 2.24) is 9.97 Å². The van der Waals surface area contributed by atoms with Gasteiger partial charge in [0.25, 0.3) is 0 Å².